The highest BCUT2D eigenvalue weighted by Gasteiger charge is 2.30. The Bertz CT molecular complexity index is 826. The van der Waals surface area contributed by atoms with E-state index in [1.807, 2.05) is 62.4 Å². The normalized spacial score (nSPS) is 18.9. The number of aryl methyl sites for hydroxylation is 1. The van der Waals surface area contributed by atoms with Crippen LogP contribution < -0.4 is 15.4 Å². The summed E-state index contributed by atoms with van der Waals surface area (Å²) in [6, 6.07) is 15.3. The van der Waals surface area contributed by atoms with Crippen molar-refractivity contribution in [2.45, 2.75) is 39.5 Å². The second-order valence-electron chi connectivity index (χ2n) is 7.27. The van der Waals surface area contributed by atoms with Crippen LogP contribution >= 0.6 is 0 Å². The number of rotatable bonds is 6. The molecule has 1 aliphatic rings. The van der Waals surface area contributed by atoms with E-state index in [9.17, 15) is 9.59 Å². The van der Waals surface area contributed by atoms with Gasteiger partial charge in [0.15, 0.2) is 0 Å². The fourth-order valence-corrected chi connectivity index (χ4v) is 3.65. The van der Waals surface area contributed by atoms with Crippen molar-refractivity contribution >= 4 is 23.2 Å². The van der Waals surface area contributed by atoms with Crippen molar-refractivity contribution < 1.29 is 14.3 Å². The highest BCUT2D eigenvalue weighted by Crippen LogP contribution is 2.32. The first kappa shape index (κ1) is 19.9. The minimum absolute atomic E-state index is 0.00455. The zero-order valence-electron chi connectivity index (χ0n) is 16.5. The van der Waals surface area contributed by atoms with Crippen molar-refractivity contribution in [3.8, 4) is 5.75 Å². The Morgan fingerprint density at radius 1 is 0.857 bits per heavy atom. The summed E-state index contributed by atoms with van der Waals surface area (Å²) < 4.78 is 5.57. The minimum atomic E-state index is -0.0720. The number of carbonyl (C=O) groups is 2. The van der Waals surface area contributed by atoms with Crippen LogP contribution in [0.3, 0.4) is 0 Å². The SMILES string of the molecule is CCOc1ccccc1NC(=O)C1CCC(C(=O)Nc2ccccc2C)CC1. The Balaban J connectivity index is 1.53. The Labute approximate surface area is 166 Å². The molecule has 0 bridgehead atoms. The number of carbonyl (C=O) groups excluding carboxylic acids is 2. The van der Waals surface area contributed by atoms with E-state index in [0.29, 0.717) is 30.9 Å². The maximum Gasteiger partial charge on any atom is 0.227 e. The van der Waals surface area contributed by atoms with E-state index >= 15 is 0 Å². The summed E-state index contributed by atoms with van der Waals surface area (Å²) in [6.07, 6.45) is 2.88. The van der Waals surface area contributed by atoms with Crippen LogP contribution in [-0.4, -0.2) is 18.4 Å². The predicted octanol–water partition coefficient (Wildman–Crippen LogP) is 4.78. The number of para-hydroxylation sites is 3. The summed E-state index contributed by atoms with van der Waals surface area (Å²) in [7, 11) is 0. The number of hydrogen-bond acceptors (Lipinski definition) is 3. The Morgan fingerprint density at radius 2 is 1.36 bits per heavy atom. The molecule has 3 rings (SSSR count). The summed E-state index contributed by atoms with van der Waals surface area (Å²) >= 11 is 0. The Kier molecular flexibility index (Phi) is 6.69. The van der Waals surface area contributed by atoms with Crippen LogP contribution in [0.15, 0.2) is 48.5 Å². The first-order chi connectivity index (χ1) is 13.6. The van der Waals surface area contributed by atoms with Gasteiger partial charge in [-0.2, -0.15) is 0 Å². The molecular weight excluding hydrogens is 352 g/mol. The van der Waals surface area contributed by atoms with Crippen molar-refractivity contribution in [1.29, 1.82) is 0 Å². The number of anilines is 2. The molecule has 1 fully saturated rings. The van der Waals surface area contributed by atoms with Gasteiger partial charge in [-0.05, 0) is 63.3 Å². The summed E-state index contributed by atoms with van der Waals surface area (Å²) in [6.45, 7) is 4.45. The molecule has 0 radical (unpaired) electrons. The summed E-state index contributed by atoms with van der Waals surface area (Å²) in [4.78, 5) is 25.2. The zero-order chi connectivity index (χ0) is 19.9. The van der Waals surface area contributed by atoms with Crippen LogP contribution in [0.2, 0.25) is 0 Å². The molecule has 5 nitrogen and oxygen atoms in total. The van der Waals surface area contributed by atoms with Gasteiger partial charge >= 0.3 is 0 Å². The van der Waals surface area contributed by atoms with E-state index in [0.717, 1.165) is 24.1 Å². The summed E-state index contributed by atoms with van der Waals surface area (Å²) in [5.41, 5.74) is 2.62. The predicted molar refractivity (Wildman–Crippen MR) is 111 cm³/mol. The molecule has 0 saturated heterocycles. The number of amides is 2. The molecule has 1 aliphatic carbocycles. The van der Waals surface area contributed by atoms with E-state index in [4.69, 9.17) is 4.74 Å². The quantitative estimate of drug-likeness (QED) is 0.758. The van der Waals surface area contributed by atoms with Crippen LogP contribution in [-0.2, 0) is 9.59 Å². The second-order valence-corrected chi connectivity index (χ2v) is 7.27. The van der Waals surface area contributed by atoms with Crippen LogP contribution in [0.4, 0.5) is 11.4 Å². The van der Waals surface area contributed by atoms with Gasteiger partial charge in [0.1, 0.15) is 5.75 Å². The molecule has 2 amide bonds. The van der Waals surface area contributed by atoms with Gasteiger partial charge < -0.3 is 15.4 Å². The highest BCUT2D eigenvalue weighted by atomic mass is 16.5. The molecule has 1 saturated carbocycles. The maximum atomic E-state index is 12.7. The van der Waals surface area contributed by atoms with Crippen LogP contribution in [0, 0.1) is 18.8 Å². The average Bonchev–Trinajstić information content (AvgIpc) is 2.71. The van der Waals surface area contributed by atoms with Crippen molar-refractivity contribution in [2.24, 2.45) is 11.8 Å². The molecule has 0 spiro atoms. The molecule has 2 aromatic carbocycles. The van der Waals surface area contributed by atoms with E-state index in [-0.39, 0.29) is 23.7 Å². The lowest BCUT2D eigenvalue weighted by atomic mass is 9.81. The van der Waals surface area contributed by atoms with Gasteiger partial charge in [-0.15, -0.1) is 0 Å². The van der Waals surface area contributed by atoms with Crippen molar-refractivity contribution in [1.82, 2.24) is 0 Å². The van der Waals surface area contributed by atoms with E-state index in [2.05, 4.69) is 10.6 Å². The van der Waals surface area contributed by atoms with Gasteiger partial charge in [-0.3, -0.25) is 9.59 Å². The first-order valence-electron chi connectivity index (χ1n) is 9.97. The number of hydrogen-bond donors (Lipinski definition) is 2. The van der Waals surface area contributed by atoms with Gasteiger partial charge in [0.2, 0.25) is 11.8 Å². The molecule has 28 heavy (non-hydrogen) atoms. The Morgan fingerprint density at radius 3 is 1.93 bits per heavy atom. The standard InChI is InChI=1S/C23H28N2O3/c1-3-28-21-11-7-6-10-20(21)25-23(27)18-14-12-17(13-15-18)22(26)24-19-9-5-4-8-16(19)2/h4-11,17-18H,3,12-15H2,1-2H3,(H,24,26)(H,25,27). The fraction of sp³-hybridized carbons (Fsp3) is 0.391. The van der Waals surface area contributed by atoms with Crippen molar-refractivity contribution in [2.75, 3.05) is 17.2 Å². The summed E-state index contributed by atoms with van der Waals surface area (Å²) in [5.74, 6) is 0.626. The molecular formula is C23H28N2O3. The first-order valence-corrected chi connectivity index (χ1v) is 9.97. The molecule has 5 heteroatoms. The molecule has 0 atom stereocenters. The molecule has 0 aromatic heterocycles. The maximum absolute atomic E-state index is 12.7. The number of nitrogens with one attached hydrogen (secondary N) is 2. The minimum Gasteiger partial charge on any atom is -0.492 e. The lowest BCUT2D eigenvalue weighted by molar-refractivity contribution is -0.125. The second kappa shape index (κ2) is 9.40. The van der Waals surface area contributed by atoms with Crippen LogP contribution in [0.5, 0.6) is 5.75 Å². The molecule has 0 aliphatic heterocycles. The molecule has 0 heterocycles. The molecule has 0 unspecified atom stereocenters. The third-order valence-corrected chi connectivity index (χ3v) is 5.32. The topological polar surface area (TPSA) is 67.4 Å². The molecule has 148 valence electrons. The van der Waals surface area contributed by atoms with E-state index < -0.39 is 0 Å². The van der Waals surface area contributed by atoms with Crippen LogP contribution in [0.25, 0.3) is 0 Å². The monoisotopic (exact) mass is 380 g/mol. The lowest BCUT2D eigenvalue weighted by Crippen LogP contribution is -2.32. The fourth-order valence-electron chi connectivity index (χ4n) is 3.65. The third-order valence-electron chi connectivity index (χ3n) is 5.32. The average molecular weight is 380 g/mol. The van der Waals surface area contributed by atoms with Gasteiger partial charge in [0.05, 0.1) is 12.3 Å². The summed E-state index contributed by atoms with van der Waals surface area (Å²) in [5, 5.41) is 6.02. The lowest BCUT2D eigenvalue weighted by Gasteiger charge is -2.27. The highest BCUT2D eigenvalue weighted by molar-refractivity contribution is 5.95. The largest absolute Gasteiger partial charge is 0.492 e. The van der Waals surface area contributed by atoms with Gasteiger partial charge in [0, 0.05) is 17.5 Å². The van der Waals surface area contributed by atoms with Gasteiger partial charge in [-0.25, -0.2) is 0 Å². The molecule has 2 N–H and O–H groups in total. The van der Waals surface area contributed by atoms with E-state index in [1.54, 1.807) is 0 Å². The van der Waals surface area contributed by atoms with Crippen molar-refractivity contribution in [3.05, 3.63) is 54.1 Å². The number of ether oxygens (including phenoxy) is 1. The van der Waals surface area contributed by atoms with Crippen LogP contribution in [0.1, 0.15) is 38.2 Å². The van der Waals surface area contributed by atoms with Gasteiger partial charge in [0.25, 0.3) is 0 Å². The third kappa shape index (κ3) is 4.91. The van der Waals surface area contributed by atoms with Crippen molar-refractivity contribution in [3.63, 3.8) is 0 Å². The Hall–Kier alpha value is -2.82. The number of benzene rings is 2. The van der Waals surface area contributed by atoms with E-state index in [1.165, 1.54) is 0 Å². The van der Waals surface area contributed by atoms with Gasteiger partial charge in [-0.1, -0.05) is 30.3 Å². The zero-order valence-corrected chi connectivity index (χ0v) is 16.5. The smallest absolute Gasteiger partial charge is 0.227 e. The molecule has 2 aromatic rings.